The smallest absolute Gasteiger partial charge is 0.270 e. The van der Waals surface area contributed by atoms with E-state index in [0.29, 0.717) is 23.1 Å². The maximum atomic E-state index is 12.1. The summed E-state index contributed by atoms with van der Waals surface area (Å²) in [5, 5.41) is 14.0. The Morgan fingerprint density at radius 3 is 2.79 bits per heavy atom. The second-order valence-corrected chi connectivity index (χ2v) is 4.68. The number of non-ortho nitro benzene ring substituents is 1. The molecule has 0 aliphatic heterocycles. The van der Waals surface area contributed by atoms with Gasteiger partial charge < -0.3 is 10.1 Å². The van der Waals surface area contributed by atoms with Crippen LogP contribution in [0, 0.1) is 17.0 Å². The van der Waals surface area contributed by atoms with Gasteiger partial charge in [0.1, 0.15) is 0 Å². The van der Waals surface area contributed by atoms with Crippen LogP contribution < -0.4 is 5.32 Å². The van der Waals surface area contributed by atoms with Crippen LogP contribution in [0.5, 0.6) is 0 Å². The van der Waals surface area contributed by atoms with Crippen LogP contribution in [-0.2, 0) is 4.74 Å². The number of alkyl halides is 1. The predicted octanol–water partition coefficient (Wildman–Crippen LogP) is 2.04. The highest BCUT2D eigenvalue weighted by Crippen LogP contribution is 2.17. The fourth-order valence-corrected chi connectivity index (χ4v) is 1.91. The van der Waals surface area contributed by atoms with E-state index in [-0.39, 0.29) is 17.6 Å². The van der Waals surface area contributed by atoms with Crippen molar-refractivity contribution in [1.29, 1.82) is 0 Å². The Kier molecular flexibility index (Phi) is 5.91. The molecule has 0 saturated carbocycles. The summed E-state index contributed by atoms with van der Waals surface area (Å²) in [5.41, 5.74) is 0.892. The largest absolute Gasteiger partial charge is 0.383 e. The van der Waals surface area contributed by atoms with Crippen LogP contribution in [0.1, 0.15) is 15.9 Å². The van der Waals surface area contributed by atoms with E-state index in [1.807, 2.05) is 0 Å². The summed E-state index contributed by atoms with van der Waals surface area (Å²) in [6.45, 7) is 2.10. The number of nitro benzene ring substituents is 1. The molecule has 7 heteroatoms. The zero-order valence-electron chi connectivity index (χ0n) is 10.7. The van der Waals surface area contributed by atoms with Crippen molar-refractivity contribution in [2.75, 3.05) is 19.0 Å². The lowest BCUT2D eigenvalue weighted by Crippen LogP contribution is -2.39. The summed E-state index contributed by atoms with van der Waals surface area (Å²) >= 11 is 3.27. The van der Waals surface area contributed by atoms with Crippen molar-refractivity contribution in [3.63, 3.8) is 0 Å². The van der Waals surface area contributed by atoms with E-state index >= 15 is 0 Å². The Morgan fingerprint density at radius 2 is 2.26 bits per heavy atom. The molecule has 0 fully saturated rings. The SMILES string of the molecule is COCC(CBr)NC(=O)c1cc([N+](=O)[O-])ccc1C. The van der Waals surface area contributed by atoms with Crippen molar-refractivity contribution in [2.24, 2.45) is 0 Å². The molecule has 0 saturated heterocycles. The minimum absolute atomic E-state index is 0.0992. The molecular weight excluding hydrogens is 316 g/mol. The van der Waals surface area contributed by atoms with Crippen molar-refractivity contribution >= 4 is 27.5 Å². The standard InChI is InChI=1S/C12H15BrN2O4/c1-8-3-4-10(15(17)18)5-11(8)12(16)14-9(6-13)7-19-2/h3-5,9H,6-7H2,1-2H3,(H,14,16). The number of carbonyl (C=O) groups excluding carboxylic acids is 1. The van der Waals surface area contributed by atoms with Gasteiger partial charge in [-0.1, -0.05) is 22.0 Å². The summed E-state index contributed by atoms with van der Waals surface area (Å²) in [7, 11) is 1.54. The zero-order valence-corrected chi connectivity index (χ0v) is 12.3. The number of hydrogen-bond donors (Lipinski definition) is 1. The Balaban J connectivity index is 2.92. The van der Waals surface area contributed by atoms with Crippen LogP contribution in [-0.4, -0.2) is 35.9 Å². The number of aryl methyl sites for hydroxylation is 1. The van der Waals surface area contributed by atoms with Crippen molar-refractivity contribution in [3.8, 4) is 0 Å². The van der Waals surface area contributed by atoms with Crippen LogP contribution in [0.4, 0.5) is 5.69 Å². The van der Waals surface area contributed by atoms with E-state index in [4.69, 9.17) is 4.74 Å². The topological polar surface area (TPSA) is 81.5 Å². The van der Waals surface area contributed by atoms with Gasteiger partial charge in [-0.3, -0.25) is 14.9 Å². The fourth-order valence-electron chi connectivity index (χ4n) is 1.56. The molecule has 0 aromatic heterocycles. The van der Waals surface area contributed by atoms with E-state index in [9.17, 15) is 14.9 Å². The van der Waals surface area contributed by atoms with E-state index in [1.54, 1.807) is 20.1 Å². The number of nitro groups is 1. The highest BCUT2D eigenvalue weighted by molar-refractivity contribution is 9.09. The van der Waals surface area contributed by atoms with Gasteiger partial charge >= 0.3 is 0 Å². The molecule has 104 valence electrons. The second-order valence-electron chi connectivity index (χ2n) is 4.04. The summed E-state index contributed by atoms with van der Waals surface area (Å²) in [5.74, 6) is -0.345. The highest BCUT2D eigenvalue weighted by Gasteiger charge is 2.17. The Bertz CT molecular complexity index is 479. The molecule has 0 aliphatic rings. The van der Waals surface area contributed by atoms with Gasteiger partial charge in [0.05, 0.1) is 17.6 Å². The van der Waals surface area contributed by atoms with Gasteiger partial charge in [-0.05, 0) is 12.5 Å². The summed E-state index contributed by atoms with van der Waals surface area (Å²) in [6, 6.07) is 4.04. The molecule has 1 atom stereocenters. The molecule has 0 aliphatic carbocycles. The quantitative estimate of drug-likeness (QED) is 0.491. The molecule has 1 aromatic rings. The van der Waals surface area contributed by atoms with Crippen LogP contribution in [0.15, 0.2) is 18.2 Å². The number of amides is 1. The molecule has 6 nitrogen and oxygen atoms in total. The number of ether oxygens (including phenoxy) is 1. The third kappa shape index (κ3) is 4.29. The van der Waals surface area contributed by atoms with Gasteiger partial charge in [0.15, 0.2) is 0 Å². The first-order chi connectivity index (χ1) is 8.99. The minimum Gasteiger partial charge on any atom is -0.383 e. The lowest BCUT2D eigenvalue weighted by atomic mass is 10.1. The van der Waals surface area contributed by atoms with Gasteiger partial charge in [0.2, 0.25) is 0 Å². The number of halogens is 1. The average molecular weight is 331 g/mol. The zero-order chi connectivity index (χ0) is 14.4. The first-order valence-corrected chi connectivity index (χ1v) is 6.72. The Morgan fingerprint density at radius 1 is 1.58 bits per heavy atom. The average Bonchev–Trinajstić information content (AvgIpc) is 2.38. The maximum absolute atomic E-state index is 12.1. The maximum Gasteiger partial charge on any atom is 0.270 e. The third-order valence-electron chi connectivity index (χ3n) is 2.57. The van der Waals surface area contributed by atoms with Gasteiger partial charge in [-0.2, -0.15) is 0 Å². The fraction of sp³-hybridized carbons (Fsp3) is 0.417. The number of nitrogens with zero attached hydrogens (tertiary/aromatic N) is 1. The molecule has 1 N–H and O–H groups in total. The van der Waals surface area contributed by atoms with E-state index in [2.05, 4.69) is 21.2 Å². The first-order valence-electron chi connectivity index (χ1n) is 5.60. The van der Waals surface area contributed by atoms with Gasteiger partial charge in [-0.25, -0.2) is 0 Å². The van der Waals surface area contributed by atoms with Gasteiger partial charge in [-0.15, -0.1) is 0 Å². The normalized spacial score (nSPS) is 11.9. The number of rotatable bonds is 6. The van der Waals surface area contributed by atoms with Crippen LogP contribution in [0.3, 0.4) is 0 Å². The van der Waals surface area contributed by atoms with Crippen molar-refractivity contribution in [1.82, 2.24) is 5.32 Å². The monoisotopic (exact) mass is 330 g/mol. The van der Waals surface area contributed by atoms with E-state index in [0.717, 1.165) is 0 Å². The molecule has 0 radical (unpaired) electrons. The predicted molar refractivity (Wildman–Crippen MR) is 74.8 cm³/mol. The summed E-state index contributed by atoms with van der Waals surface area (Å²) < 4.78 is 4.97. The summed E-state index contributed by atoms with van der Waals surface area (Å²) in [4.78, 5) is 22.3. The molecular formula is C12H15BrN2O4. The van der Waals surface area contributed by atoms with E-state index < -0.39 is 4.92 Å². The number of hydrogen-bond acceptors (Lipinski definition) is 4. The van der Waals surface area contributed by atoms with Crippen molar-refractivity contribution < 1.29 is 14.5 Å². The number of methoxy groups -OCH3 is 1. The van der Waals surface area contributed by atoms with Gasteiger partial charge in [0, 0.05) is 30.1 Å². The minimum atomic E-state index is -0.520. The van der Waals surface area contributed by atoms with Crippen molar-refractivity contribution in [2.45, 2.75) is 13.0 Å². The molecule has 0 bridgehead atoms. The Hall–Kier alpha value is -1.47. The van der Waals surface area contributed by atoms with E-state index in [1.165, 1.54) is 12.1 Å². The van der Waals surface area contributed by atoms with Crippen LogP contribution >= 0.6 is 15.9 Å². The molecule has 1 unspecified atom stereocenters. The summed E-state index contributed by atoms with van der Waals surface area (Å²) in [6.07, 6.45) is 0. The third-order valence-corrected chi connectivity index (χ3v) is 3.35. The molecule has 0 spiro atoms. The molecule has 1 rings (SSSR count). The van der Waals surface area contributed by atoms with Gasteiger partial charge in [0.25, 0.3) is 11.6 Å². The number of benzene rings is 1. The molecule has 19 heavy (non-hydrogen) atoms. The number of nitrogens with one attached hydrogen (secondary N) is 1. The lowest BCUT2D eigenvalue weighted by Gasteiger charge is -2.15. The molecule has 0 heterocycles. The lowest BCUT2D eigenvalue weighted by molar-refractivity contribution is -0.384. The first kappa shape index (κ1) is 15.6. The molecule has 1 amide bonds. The highest BCUT2D eigenvalue weighted by atomic mass is 79.9. The van der Waals surface area contributed by atoms with Crippen LogP contribution in [0.2, 0.25) is 0 Å². The Labute approximate surface area is 119 Å². The van der Waals surface area contributed by atoms with Crippen molar-refractivity contribution in [3.05, 3.63) is 39.4 Å². The molecule has 1 aromatic carbocycles. The second kappa shape index (κ2) is 7.20. The van der Waals surface area contributed by atoms with Crippen LogP contribution in [0.25, 0.3) is 0 Å². The number of carbonyl (C=O) groups is 1.